The van der Waals surface area contributed by atoms with E-state index in [-0.39, 0.29) is 0 Å². The molecule has 1 amide bonds. The quantitative estimate of drug-likeness (QED) is 0.626. The maximum atomic E-state index is 11.3. The monoisotopic (exact) mass is 234 g/mol. The molecule has 4 nitrogen and oxygen atoms in total. The molecule has 0 aliphatic carbocycles. The fraction of sp³-hybridized carbons (Fsp3) is 0.125. The van der Waals surface area contributed by atoms with Crippen LogP contribution in [0.2, 0.25) is 0 Å². The Bertz CT molecular complexity index is 413. The van der Waals surface area contributed by atoms with Crippen LogP contribution in [0.1, 0.15) is 10.4 Å². The van der Waals surface area contributed by atoms with Crippen LogP contribution in [0.25, 0.3) is 0 Å². The van der Waals surface area contributed by atoms with E-state index < -0.39 is 14.8 Å². The van der Waals surface area contributed by atoms with Crippen LogP contribution in [0.3, 0.4) is 0 Å². The van der Waals surface area contributed by atoms with Crippen molar-refractivity contribution in [3.63, 3.8) is 0 Å². The second kappa shape index (κ2) is 4.47. The van der Waals surface area contributed by atoms with Crippen molar-refractivity contribution in [3.8, 4) is 0 Å². The fourth-order valence-electron chi connectivity index (χ4n) is 0.762. The molecule has 0 radical (unpaired) electrons. The average molecular weight is 234 g/mol. The van der Waals surface area contributed by atoms with Gasteiger partial charge in [-0.15, -0.1) is 0 Å². The van der Waals surface area contributed by atoms with E-state index in [4.69, 9.17) is 0 Å². The second-order valence-corrected chi connectivity index (χ2v) is 6.68. The highest BCUT2D eigenvalue weighted by Gasteiger charge is 2.08. The summed E-state index contributed by atoms with van der Waals surface area (Å²) in [7, 11) is -2.83. The molecule has 0 aromatic heterocycles. The summed E-state index contributed by atoms with van der Waals surface area (Å²) >= 11 is 0. The number of rotatable bonds is 3. The number of hydrogen-bond donors (Lipinski definition) is 1. The molecule has 0 saturated carbocycles. The molecule has 6 heteroatoms. The zero-order chi connectivity index (χ0) is 10.6. The molecule has 14 heavy (non-hydrogen) atoms. The third-order valence-corrected chi connectivity index (χ3v) is 3.05. The number of amides is 1. The summed E-state index contributed by atoms with van der Waals surface area (Å²) in [6.45, 7) is 0. The van der Waals surface area contributed by atoms with Gasteiger partial charge in [0.2, 0.25) is 8.87 Å². The van der Waals surface area contributed by atoms with E-state index in [1.807, 2.05) is 0 Å². The van der Waals surface area contributed by atoms with Gasteiger partial charge in [0.15, 0.2) is 0 Å². The minimum Gasteiger partial charge on any atom is -0.283 e. The highest BCUT2D eigenvalue weighted by Crippen LogP contribution is 2.06. The molecule has 76 valence electrons. The lowest BCUT2D eigenvalue weighted by Gasteiger charge is -2.01. The third kappa shape index (κ3) is 3.80. The molecule has 0 atom stereocenters. The standard InChI is InChI=1S/C8H9NO3S2/c1-14(11,12)13-9-8(10)7-5-3-2-4-6-7/h2-6H,1H3,(H,9,10)/i13+3. The van der Waals surface area contributed by atoms with Gasteiger partial charge >= 0.3 is 0 Å². The Morgan fingerprint density at radius 2 is 1.86 bits per heavy atom. The van der Waals surface area contributed by atoms with E-state index in [1.165, 1.54) is 0 Å². The molecule has 0 heterocycles. The zero-order valence-corrected chi connectivity index (χ0v) is 9.06. The molecule has 0 aliphatic heterocycles. The van der Waals surface area contributed by atoms with Gasteiger partial charge in [-0.3, -0.25) is 9.52 Å². The van der Waals surface area contributed by atoms with E-state index in [9.17, 15) is 13.2 Å². The predicted octanol–water partition coefficient (Wildman–Crippen LogP) is 1.02. The highest BCUT2D eigenvalue weighted by molar-refractivity contribution is 8.71. The summed E-state index contributed by atoms with van der Waals surface area (Å²) < 4.78 is 23.7. The summed E-state index contributed by atoms with van der Waals surface area (Å²) in [5, 5.41) is 0. The average Bonchev–Trinajstić information content (AvgIpc) is 2.14. The fourth-order valence-corrected chi connectivity index (χ4v) is 1.79. The number of benzene rings is 1. The number of hydrogen-bond acceptors (Lipinski definition) is 4. The summed E-state index contributed by atoms with van der Waals surface area (Å²) in [5.41, 5.74) is 0.434. The Balaban J connectivity index is 2.61. The van der Waals surface area contributed by atoms with Crippen LogP contribution in [0, 0.1) is 0 Å². The van der Waals surface area contributed by atoms with E-state index in [0.29, 0.717) is 16.5 Å². The van der Waals surface area contributed by atoms with Crippen LogP contribution in [0.4, 0.5) is 0 Å². The van der Waals surface area contributed by atoms with Gasteiger partial charge in [0.25, 0.3) is 5.91 Å². The molecule has 1 N–H and O–H groups in total. The van der Waals surface area contributed by atoms with E-state index >= 15 is 0 Å². The van der Waals surface area contributed by atoms with Crippen LogP contribution >= 0.6 is 11.0 Å². The van der Waals surface area contributed by atoms with E-state index in [2.05, 4.69) is 4.72 Å². The van der Waals surface area contributed by atoms with E-state index in [1.54, 1.807) is 30.3 Å². The smallest absolute Gasteiger partial charge is 0.261 e. The summed E-state index contributed by atoms with van der Waals surface area (Å²) in [5.74, 6) is -0.416. The third-order valence-electron chi connectivity index (χ3n) is 1.32. The van der Waals surface area contributed by atoms with Crippen LogP contribution in [-0.2, 0) is 8.87 Å². The molecule has 1 rings (SSSR count). The lowest BCUT2D eigenvalue weighted by molar-refractivity contribution is 0.0984. The van der Waals surface area contributed by atoms with Crippen LogP contribution < -0.4 is 4.72 Å². The van der Waals surface area contributed by atoms with Gasteiger partial charge in [-0.2, -0.15) is 0 Å². The first kappa shape index (κ1) is 11.1. The first-order valence-electron chi connectivity index (χ1n) is 3.73. The van der Waals surface area contributed by atoms with Crippen LogP contribution in [0.15, 0.2) is 30.3 Å². The van der Waals surface area contributed by atoms with Gasteiger partial charge in [0.05, 0.1) is 17.2 Å². The number of nitrogens with one attached hydrogen (secondary N) is 1. The highest BCUT2D eigenvalue weighted by atomic mass is 35.3. The van der Waals surface area contributed by atoms with Crippen molar-refractivity contribution < 1.29 is 13.2 Å². The Labute approximate surface area is 86.2 Å². The largest absolute Gasteiger partial charge is 0.283 e. The summed E-state index contributed by atoms with van der Waals surface area (Å²) in [4.78, 5) is 11.3. The summed E-state index contributed by atoms with van der Waals surface area (Å²) in [6.07, 6.45) is 1.03. The van der Waals surface area contributed by atoms with Crippen molar-refractivity contribution in [3.05, 3.63) is 35.9 Å². The zero-order valence-electron chi connectivity index (χ0n) is 7.43. The van der Waals surface area contributed by atoms with Crippen molar-refractivity contribution in [1.82, 2.24) is 4.72 Å². The van der Waals surface area contributed by atoms with Crippen LogP contribution in [0.5, 0.6) is 0 Å². The van der Waals surface area contributed by atoms with Crippen LogP contribution in [-0.4, -0.2) is 20.6 Å². The van der Waals surface area contributed by atoms with Crippen molar-refractivity contribution in [1.29, 1.82) is 0 Å². The lowest BCUT2D eigenvalue weighted by atomic mass is 10.2. The number of carbonyl (C=O) groups is 1. The van der Waals surface area contributed by atoms with Gasteiger partial charge < -0.3 is 0 Å². The molecule has 0 spiro atoms. The van der Waals surface area contributed by atoms with Crippen molar-refractivity contribution in [2.45, 2.75) is 0 Å². The minimum absolute atomic E-state index is 0.409. The molecule has 0 aliphatic rings. The van der Waals surface area contributed by atoms with Gasteiger partial charge in [-0.05, 0) is 12.1 Å². The maximum absolute atomic E-state index is 11.3. The molecule has 0 fully saturated rings. The van der Waals surface area contributed by atoms with Gasteiger partial charge in [-0.1, -0.05) is 18.2 Å². The molecule has 0 unspecified atom stereocenters. The topological polar surface area (TPSA) is 63.2 Å². The number of carbonyl (C=O) groups excluding carboxylic acids is 1. The van der Waals surface area contributed by atoms with Crippen molar-refractivity contribution >= 4 is 25.8 Å². The Hall–Kier alpha value is -1.01. The maximum Gasteiger partial charge on any atom is 0.261 e. The normalized spacial score (nSPS) is 10.9. The Kier molecular flexibility index (Phi) is 3.54. The first-order valence-corrected chi connectivity index (χ1v) is 6.95. The molecule has 1 aromatic carbocycles. The molecule has 0 saturated heterocycles. The van der Waals surface area contributed by atoms with Crippen molar-refractivity contribution in [2.24, 2.45) is 0 Å². The summed E-state index contributed by atoms with van der Waals surface area (Å²) in [6, 6.07) is 8.41. The first-order chi connectivity index (χ1) is 6.49. The Morgan fingerprint density at radius 1 is 1.29 bits per heavy atom. The second-order valence-electron chi connectivity index (χ2n) is 2.58. The lowest BCUT2D eigenvalue weighted by Crippen LogP contribution is -2.17. The molecular formula is C8H9NO3S2. The molecule has 1 aromatic rings. The van der Waals surface area contributed by atoms with Gasteiger partial charge in [-0.25, -0.2) is 8.42 Å². The predicted molar refractivity (Wildman–Crippen MR) is 56.3 cm³/mol. The Morgan fingerprint density at radius 3 is 2.36 bits per heavy atom. The van der Waals surface area contributed by atoms with Gasteiger partial charge in [0.1, 0.15) is 0 Å². The van der Waals surface area contributed by atoms with Gasteiger partial charge in [0, 0.05) is 5.56 Å². The molecular weight excluding hydrogens is 225 g/mol. The SMILES string of the molecule is CS(=O)(=O)[35S]NC(=O)c1ccccc1. The van der Waals surface area contributed by atoms with E-state index in [0.717, 1.165) is 6.26 Å². The van der Waals surface area contributed by atoms with Crippen molar-refractivity contribution in [2.75, 3.05) is 6.26 Å². The molecule has 0 bridgehead atoms. The minimum atomic E-state index is -3.24.